The highest BCUT2D eigenvalue weighted by Gasteiger charge is 2.09. The molecule has 0 bridgehead atoms. The molecule has 0 saturated carbocycles. The molecule has 1 N–H and O–H groups in total. The molecule has 0 amide bonds. The molecule has 0 aliphatic carbocycles. The van der Waals surface area contributed by atoms with E-state index >= 15 is 0 Å². The van der Waals surface area contributed by atoms with E-state index < -0.39 is 6.10 Å². The summed E-state index contributed by atoms with van der Waals surface area (Å²) in [6.45, 7) is 1.72. The van der Waals surface area contributed by atoms with E-state index in [4.69, 9.17) is 11.6 Å². The predicted octanol–water partition coefficient (Wildman–Crippen LogP) is 4.70. The Labute approximate surface area is 124 Å². The molecule has 1 heterocycles. The van der Waals surface area contributed by atoms with Gasteiger partial charge in [-0.05, 0) is 52.7 Å². The third-order valence-electron chi connectivity index (χ3n) is 2.37. The molecule has 1 aromatic carbocycles. The van der Waals surface area contributed by atoms with Gasteiger partial charge in [0.15, 0.2) is 0 Å². The van der Waals surface area contributed by atoms with Crippen molar-refractivity contribution in [3.8, 4) is 0 Å². The van der Waals surface area contributed by atoms with Crippen LogP contribution in [0, 0.1) is 0 Å². The fourth-order valence-corrected chi connectivity index (χ4v) is 2.99. The van der Waals surface area contributed by atoms with Gasteiger partial charge in [0.05, 0.1) is 15.6 Å². The summed E-state index contributed by atoms with van der Waals surface area (Å²) in [5, 5.41) is 11.0. The van der Waals surface area contributed by atoms with Gasteiger partial charge in [0, 0.05) is 11.1 Å². The largest absolute Gasteiger partial charge is 0.389 e. The highest BCUT2D eigenvalue weighted by molar-refractivity contribution is 9.10. The van der Waals surface area contributed by atoms with Gasteiger partial charge in [0.1, 0.15) is 5.03 Å². The summed E-state index contributed by atoms with van der Waals surface area (Å²) in [7, 11) is 0. The topological polar surface area (TPSA) is 33.1 Å². The van der Waals surface area contributed by atoms with Crippen molar-refractivity contribution in [3.63, 3.8) is 0 Å². The fourth-order valence-electron chi connectivity index (χ4n) is 1.41. The normalized spacial score (nSPS) is 12.4. The van der Waals surface area contributed by atoms with Crippen LogP contribution in [0.5, 0.6) is 0 Å². The summed E-state index contributed by atoms with van der Waals surface area (Å²) in [5.74, 6) is 0. The van der Waals surface area contributed by atoms with E-state index in [9.17, 15) is 5.11 Å². The van der Waals surface area contributed by atoms with Gasteiger partial charge in [-0.3, -0.25) is 0 Å². The van der Waals surface area contributed by atoms with E-state index in [-0.39, 0.29) is 0 Å². The van der Waals surface area contributed by atoms with Crippen LogP contribution in [0.15, 0.2) is 50.9 Å². The van der Waals surface area contributed by atoms with Crippen molar-refractivity contribution in [3.05, 3.63) is 51.6 Å². The Morgan fingerprint density at radius 2 is 2.17 bits per heavy atom. The van der Waals surface area contributed by atoms with Gasteiger partial charge in [-0.15, -0.1) is 0 Å². The molecule has 0 saturated heterocycles. The number of halogens is 2. The second-order valence-electron chi connectivity index (χ2n) is 3.76. The number of aliphatic hydroxyl groups is 1. The van der Waals surface area contributed by atoms with Gasteiger partial charge < -0.3 is 5.11 Å². The quantitative estimate of drug-likeness (QED) is 0.876. The first kappa shape index (κ1) is 13.9. The molecule has 2 rings (SSSR count). The zero-order valence-corrected chi connectivity index (χ0v) is 12.8. The Balaban J connectivity index is 2.28. The number of pyridine rings is 1. The van der Waals surface area contributed by atoms with Crippen molar-refractivity contribution in [1.29, 1.82) is 0 Å². The fraction of sp³-hybridized carbons (Fsp3) is 0.154. The van der Waals surface area contributed by atoms with Gasteiger partial charge in [0.25, 0.3) is 0 Å². The summed E-state index contributed by atoms with van der Waals surface area (Å²) >= 11 is 11.1. The van der Waals surface area contributed by atoms with Crippen LogP contribution in [0.25, 0.3) is 0 Å². The maximum absolute atomic E-state index is 9.49. The van der Waals surface area contributed by atoms with E-state index in [0.29, 0.717) is 5.02 Å². The number of hydrogen-bond acceptors (Lipinski definition) is 3. The van der Waals surface area contributed by atoms with Gasteiger partial charge in [0.2, 0.25) is 0 Å². The Kier molecular flexibility index (Phi) is 4.67. The SMILES string of the molecule is C[C@H](O)c1ccc(Sc2ncccc2Br)c(Cl)c1. The van der Waals surface area contributed by atoms with Crippen molar-refractivity contribution < 1.29 is 5.11 Å². The molecule has 0 radical (unpaired) electrons. The highest BCUT2D eigenvalue weighted by Crippen LogP contribution is 2.36. The Bertz CT molecular complexity index is 562. The average Bonchev–Trinajstić information content (AvgIpc) is 2.34. The lowest BCUT2D eigenvalue weighted by Gasteiger charge is -2.09. The highest BCUT2D eigenvalue weighted by atomic mass is 79.9. The van der Waals surface area contributed by atoms with Crippen LogP contribution in [0.4, 0.5) is 0 Å². The average molecular weight is 345 g/mol. The maximum atomic E-state index is 9.49. The molecule has 1 atom stereocenters. The maximum Gasteiger partial charge on any atom is 0.115 e. The molecule has 0 aliphatic heterocycles. The number of benzene rings is 1. The van der Waals surface area contributed by atoms with Crippen molar-refractivity contribution in [2.45, 2.75) is 22.9 Å². The first-order chi connectivity index (χ1) is 8.58. The summed E-state index contributed by atoms with van der Waals surface area (Å²) in [4.78, 5) is 5.20. The van der Waals surface area contributed by atoms with Gasteiger partial charge in [-0.2, -0.15) is 0 Å². The van der Waals surface area contributed by atoms with E-state index in [1.165, 1.54) is 11.8 Å². The summed E-state index contributed by atoms with van der Waals surface area (Å²) < 4.78 is 0.936. The Hall–Kier alpha value is -0.550. The minimum atomic E-state index is -0.511. The molecule has 18 heavy (non-hydrogen) atoms. The smallest absolute Gasteiger partial charge is 0.115 e. The third kappa shape index (κ3) is 3.26. The van der Waals surface area contributed by atoms with Crippen LogP contribution < -0.4 is 0 Å². The van der Waals surface area contributed by atoms with Crippen LogP contribution >= 0.6 is 39.3 Å². The van der Waals surface area contributed by atoms with Crippen molar-refractivity contribution in [2.24, 2.45) is 0 Å². The van der Waals surface area contributed by atoms with E-state index in [1.807, 2.05) is 24.3 Å². The molecule has 5 heteroatoms. The van der Waals surface area contributed by atoms with Gasteiger partial charge in [-0.1, -0.05) is 29.4 Å². The molecule has 0 fully saturated rings. The van der Waals surface area contributed by atoms with Crippen LogP contribution in [-0.4, -0.2) is 10.1 Å². The third-order valence-corrected chi connectivity index (χ3v) is 4.79. The van der Waals surface area contributed by atoms with E-state index in [2.05, 4.69) is 20.9 Å². The molecule has 94 valence electrons. The molecular weight excluding hydrogens is 334 g/mol. The van der Waals surface area contributed by atoms with Gasteiger partial charge in [-0.25, -0.2) is 4.98 Å². The molecule has 0 spiro atoms. The summed E-state index contributed by atoms with van der Waals surface area (Å²) in [5.41, 5.74) is 0.810. The molecule has 1 aromatic heterocycles. The minimum Gasteiger partial charge on any atom is -0.389 e. The van der Waals surface area contributed by atoms with Crippen LogP contribution in [0.3, 0.4) is 0 Å². The van der Waals surface area contributed by atoms with E-state index in [0.717, 1.165) is 20.0 Å². The standard InChI is InChI=1S/C13H11BrClNOS/c1-8(17)9-4-5-12(11(15)7-9)18-13-10(14)3-2-6-16-13/h2-8,17H,1H3/t8-/m0/s1. The Morgan fingerprint density at radius 3 is 2.78 bits per heavy atom. The number of hydrogen-bond donors (Lipinski definition) is 1. The van der Waals surface area contributed by atoms with Crippen LogP contribution in [-0.2, 0) is 0 Å². The number of aromatic nitrogens is 1. The molecular formula is C13H11BrClNOS. The second kappa shape index (κ2) is 6.06. The first-order valence-electron chi connectivity index (χ1n) is 5.34. The predicted molar refractivity (Wildman–Crippen MR) is 78.1 cm³/mol. The van der Waals surface area contributed by atoms with Crippen LogP contribution in [0.2, 0.25) is 5.02 Å². The van der Waals surface area contributed by atoms with E-state index in [1.54, 1.807) is 19.2 Å². The Morgan fingerprint density at radius 1 is 1.39 bits per heavy atom. The summed E-state index contributed by atoms with van der Waals surface area (Å²) in [6.07, 6.45) is 1.23. The zero-order chi connectivity index (χ0) is 13.1. The molecule has 2 aromatic rings. The minimum absolute atomic E-state index is 0.511. The number of rotatable bonds is 3. The summed E-state index contributed by atoms with van der Waals surface area (Å²) in [6, 6.07) is 9.36. The number of nitrogens with zero attached hydrogens (tertiary/aromatic N) is 1. The van der Waals surface area contributed by atoms with Crippen molar-refractivity contribution in [1.82, 2.24) is 4.98 Å². The first-order valence-corrected chi connectivity index (χ1v) is 7.32. The molecule has 0 aliphatic rings. The van der Waals surface area contributed by atoms with Crippen LogP contribution in [0.1, 0.15) is 18.6 Å². The molecule has 0 unspecified atom stereocenters. The zero-order valence-electron chi connectivity index (χ0n) is 9.60. The lowest BCUT2D eigenvalue weighted by atomic mass is 10.1. The van der Waals surface area contributed by atoms with Gasteiger partial charge >= 0.3 is 0 Å². The molecule has 2 nitrogen and oxygen atoms in total. The lowest BCUT2D eigenvalue weighted by molar-refractivity contribution is 0.199. The van der Waals surface area contributed by atoms with Crippen molar-refractivity contribution in [2.75, 3.05) is 0 Å². The second-order valence-corrected chi connectivity index (χ2v) is 6.05. The monoisotopic (exact) mass is 343 g/mol. The number of aliphatic hydroxyl groups excluding tert-OH is 1. The lowest BCUT2D eigenvalue weighted by Crippen LogP contribution is -1.91. The van der Waals surface area contributed by atoms with Crippen molar-refractivity contribution >= 4 is 39.3 Å².